The molecule has 0 aromatic heterocycles. The lowest BCUT2D eigenvalue weighted by Gasteiger charge is -2.07. The fourth-order valence-corrected chi connectivity index (χ4v) is 1.94. The van der Waals surface area contributed by atoms with E-state index in [9.17, 15) is 0 Å². The molecule has 0 aliphatic carbocycles. The lowest BCUT2D eigenvalue weighted by Crippen LogP contribution is -2.07. The van der Waals surface area contributed by atoms with Crippen LogP contribution in [-0.4, -0.2) is 13.1 Å². The zero-order chi connectivity index (χ0) is 8.39. The number of hydrogen-bond donors (Lipinski definition) is 1. The SMILES string of the molecule is Brc1ccc([C@H]2CCNC2)cc1. The molecule has 0 saturated carbocycles. The molecule has 0 spiro atoms. The Morgan fingerprint density at radius 2 is 2.00 bits per heavy atom. The highest BCUT2D eigenvalue weighted by atomic mass is 79.9. The van der Waals surface area contributed by atoms with Crippen LogP contribution in [0.5, 0.6) is 0 Å². The van der Waals surface area contributed by atoms with Gasteiger partial charge in [-0.2, -0.15) is 0 Å². The zero-order valence-corrected chi connectivity index (χ0v) is 8.47. The quantitative estimate of drug-likeness (QED) is 0.775. The average molecular weight is 226 g/mol. The Kier molecular flexibility index (Phi) is 2.47. The molecule has 1 heterocycles. The molecule has 1 aromatic rings. The number of halogens is 1. The van der Waals surface area contributed by atoms with E-state index in [1.807, 2.05) is 0 Å². The van der Waals surface area contributed by atoms with E-state index in [0.717, 1.165) is 16.9 Å². The molecule has 1 aromatic carbocycles. The summed E-state index contributed by atoms with van der Waals surface area (Å²) < 4.78 is 1.16. The summed E-state index contributed by atoms with van der Waals surface area (Å²) in [6.45, 7) is 2.31. The number of rotatable bonds is 1. The van der Waals surface area contributed by atoms with Gasteiger partial charge in [-0.1, -0.05) is 28.1 Å². The first kappa shape index (κ1) is 8.27. The number of nitrogens with one attached hydrogen (secondary N) is 1. The van der Waals surface area contributed by atoms with Gasteiger partial charge in [0.25, 0.3) is 0 Å². The van der Waals surface area contributed by atoms with Crippen LogP contribution in [0.3, 0.4) is 0 Å². The Balaban J connectivity index is 2.17. The third-order valence-corrected chi connectivity index (χ3v) is 2.93. The van der Waals surface area contributed by atoms with E-state index in [-0.39, 0.29) is 0 Å². The molecule has 1 aliphatic heterocycles. The van der Waals surface area contributed by atoms with E-state index in [4.69, 9.17) is 0 Å². The summed E-state index contributed by atoms with van der Waals surface area (Å²) in [4.78, 5) is 0. The van der Waals surface area contributed by atoms with Gasteiger partial charge < -0.3 is 5.32 Å². The smallest absolute Gasteiger partial charge is 0.0175 e. The van der Waals surface area contributed by atoms with Crippen molar-refractivity contribution in [3.63, 3.8) is 0 Å². The summed E-state index contributed by atoms with van der Waals surface area (Å²) in [6, 6.07) is 8.66. The highest BCUT2D eigenvalue weighted by Gasteiger charge is 2.15. The summed E-state index contributed by atoms with van der Waals surface area (Å²) in [6.07, 6.45) is 1.28. The first-order chi connectivity index (χ1) is 5.86. The molecule has 1 atom stereocenters. The Morgan fingerprint density at radius 3 is 2.58 bits per heavy atom. The topological polar surface area (TPSA) is 12.0 Å². The Hall–Kier alpha value is -0.340. The number of benzene rings is 1. The molecule has 1 fully saturated rings. The largest absolute Gasteiger partial charge is 0.316 e. The van der Waals surface area contributed by atoms with Crippen molar-refractivity contribution in [3.8, 4) is 0 Å². The van der Waals surface area contributed by atoms with Crippen LogP contribution in [0.1, 0.15) is 17.9 Å². The van der Waals surface area contributed by atoms with Crippen molar-refractivity contribution in [2.24, 2.45) is 0 Å². The van der Waals surface area contributed by atoms with Crippen LogP contribution in [-0.2, 0) is 0 Å². The van der Waals surface area contributed by atoms with Gasteiger partial charge in [-0.25, -0.2) is 0 Å². The summed E-state index contributed by atoms with van der Waals surface area (Å²) in [7, 11) is 0. The van der Waals surface area contributed by atoms with E-state index in [0.29, 0.717) is 0 Å². The molecule has 0 radical (unpaired) electrons. The van der Waals surface area contributed by atoms with Gasteiger partial charge in [0, 0.05) is 11.0 Å². The molecule has 1 N–H and O–H groups in total. The van der Waals surface area contributed by atoms with E-state index in [2.05, 4.69) is 45.5 Å². The Bertz CT molecular complexity index is 249. The third-order valence-electron chi connectivity index (χ3n) is 2.40. The monoisotopic (exact) mass is 225 g/mol. The summed E-state index contributed by atoms with van der Waals surface area (Å²) in [5, 5.41) is 3.37. The average Bonchev–Trinajstić information content (AvgIpc) is 2.58. The second-order valence-electron chi connectivity index (χ2n) is 3.24. The van der Waals surface area contributed by atoms with Crippen molar-refractivity contribution in [2.75, 3.05) is 13.1 Å². The van der Waals surface area contributed by atoms with Gasteiger partial charge in [-0.15, -0.1) is 0 Å². The Morgan fingerprint density at radius 1 is 1.25 bits per heavy atom. The summed E-state index contributed by atoms with van der Waals surface area (Å²) in [5.74, 6) is 0.734. The van der Waals surface area contributed by atoms with Gasteiger partial charge in [0.05, 0.1) is 0 Å². The normalized spacial score (nSPS) is 22.9. The van der Waals surface area contributed by atoms with Crippen molar-refractivity contribution >= 4 is 15.9 Å². The van der Waals surface area contributed by atoms with Crippen LogP contribution in [0.4, 0.5) is 0 Å². The maximum absolute atomic E-state index is 3.44. The molecule has 0 bridgehead atoms. The van der Waals surface area contributed by atoms with E-state index in [1.54, 1.807) is 0 Å². The third kappa shape index (κ3) is 1.70. The first-order valence-electron chi connectivity index (χ1n) is 4.32. The summed E-state index contributed by atoms with van der Waals surface area (Å²) in [5.41, 5.74) is 1.46. The minimum absolute atomic E-state index is 0.734. The molecule has 2 heteroatoms. The molecule has 12 heavy (non-hydrogen) atoms. The molecular weight excluding hydrogens is 214 g/mol. The van der Waals surface area contributed by atoms with Gasteiger partial charge in [0.1, 0.15) is 0 Å². The fraction of sp³-hybridized carbons (Fsp3) is 0.400. The predicted molar refractivity (Wildman–Crippen MR) is 54.4 cm³/mol. The van der Waals surface area contributed by atoms with Crippen LogP contribution >= 0.6 is 15.9 Å². The van der Waals surface area contributed by atoms with Crippen LogP contribution < -0.4 is 5.32 Å². The van der Waals surface area contributed by atoms with Crippen molar-refractivity contribution in [1.29, 1.82) is 0 Å². The molecular formula is C10H12BrN. The van der Waals surface area contributed by atoms with Crippen LogP contribution in [0.15, 0.2) is 28.7 Å². The fourth-order valence-electron chi connectivity index (χ4n) is 1.67. The molecule has 0 unspecified atom stereocenters. The van der Waals surface area contributed by atoms with Gasteiger partial charge in [0.2, 0.25) is 0 Å². The molecule has 0 amide bonds. The van der Waals surface area contributed by atoms with Gasteiger partial charge in [0.15, 0.2) is 0 Å². The van der Waals surface area contributed by atoms with Gasteiger partial charge in [-0.05, 0) is 36.6 Å². The van der Waals surface area contributed by atoms with Crippen molar-refractivity contribution in [2.45, 2.75) is 12.3 Å². The highest BCUT2D eigenvalue weighted by molar-refractivity contribution is 9.10. The van der Waals surface area contributed by atoms with Crippen LogP contribution in [0.25, 0.3) is 0 Å². The number of hydrogen-bond acceptors (Lipinski definition) is 1. The van der Waals surface area contributed by atoms with Crippen LogP contribution in [0.2, 0.25) is 0 Å². The van der Waals surface area contributed by atoms with E-state index in [1.165, 1.54) is 18.5 Å². The predicted octanol–water partition coefficient (Wildman–Crippen LogP) is 2.53. The minimum atomic E-state index is 0.734. The molecule has 1 saturated heterocycles. The Labute approximate surface area is 81.3 Å². The molecule has 1 aliphatic rings. The second kappa shape index (κ2) is 3.58. The lowest BCUT2D eigenvalue weighted by molar-refractivity contribution is 0.763. The summed E-state index contributed by atoms with van der Waals surface area (Å²) >= 11 is 3.44. The van der Waals surface area contributed by atoms with E-state index < -0.39 is 0 Å². The van der Waals surface area contributed by atoms with Crippen molar-refractivity contribution in [1.82, 2.24) is 5.32 Å². The second-order valence-corrected chi connectivity index (χ2v) is 4.16. The minimum Gasteiger partial charge on any atom is -0.316 e. The van der Waals surface area contributed by atoms with Crippen LogP contribution in [0, 0.1) is 0 Å². The highest BCUT2D eigenvalue weighted by Crippen LogP contribution is 2.23. The van der Waals surface area contributed by atoms with Crippen molar-refractivity contribution in [3.05, 3.63) is 34.3 Å². The molecule has 2 rings (SSSR count). The maximum atomic E-state index is 3.44. The van der Waals surface area contributed by atoms with Gasteiger partial charge >= 0.3 is 0 Å². The first-order valence-corrected chi connectivity index (χ1v) is 5.12. The van der Waals surface area contributed by atoms with Crippen molar-refractivity contribution < 1.29 is 0 Å². The standard InChI is InChI=1S/C10H12BrN/c11-10-3-1-8(2-4-10)9-5-6-12-7-9/h1-4,9,12H,5-7H2/t9-/m0/s1. The van der Waals surface area contributed by atoms with E-state index >= 15 is 0 Å². The zero-order valence-electron chi connectivity index (χ0n) is 6.89. The maximum Gasteiger partial charge on any atom is 0.0175 e. The lowest BCUT2D eigenvalue weighted by atomic mass is 9.99. The van der Waals surface area contributed by atoms with Gasteiger partial charge in [-0.3, -0.25) is 0 Å². The molecule has 64 valence electrons. The molecule has 1 nitrogen and oxygen atoms in total.